The normalized spacial score (nSPS) is 28.0. The van der Waals surface area contributed by atoms with Gasteiger partial charge in [0.1, 0.15) is 0 Å². The number of nitrogens with one attached hydrogen (secondary N) is 1. The van der Waals surface area contributed by atoms with Crippen molar-refractivity contribution in [2.75, 3.05) is 0 Å². The Morgan fingerprint density at radius 1 is 1.67 bits per heavy atom. The van der Waals surface area contributed by atoms with Gasteiger partial charge in [-0.2, -0.15) is 5.26 Å². The highest BCUT2D eigenvalue weighted by Crippen LogP contribution is 2.24. The topological polar surface area (TPSA) is 52.9 Å². The number of rotatable bonds is 2. The van der Waals surface area contributed by atoms with Crippen molar-refractivity contribution in [3.05, 3.63) is 0 Å². The second-order valence-electron chi connectivity index (χ2n) is 3.26. The molecule has 1 amide bonds. The van der Waals surface area contributed by atoms with Crippen LogP contribution in [0.25, 0.3) is 0 Å². The Kier molecular flexibility index (Phi) is 3.09. The minimum Gasteiger partial charge on any atom is -0.353 e. The largest absolute Gasteiger partial charge is 0.353 e. The van der Waals surface area contributed by atoms with Gasteiger partial charge in [-0.15, -0.1) is 0 Å². The molecule has 2 unspecified atom stereocenters. The van der Waals surface area contributed by atoms with E-state index >= 15 is 0 Å². The van der Waals surface area contributed by atoms with E-state index in [2.05, 4.69) is 11.4 Å². The van der Waals surface area contributed by atoms with Gasteiger partial charge in [-0.3, -0.25) is 4.79 Å². The van der Waals surface area contributed by atoms with Crippen molar-refractivity contribution in [2.24, 2.45) is 5.92 Å². The van der Waals surface area contributed by atoms with Gasteiger partial charge < -0.3 is 5.32 Å². The van der Waals surface area contributed by atoms with Crippen molar-refractivity contribution in [2.45, 2.75) is 38.6 Å². The first-order chi connectivity index (χ1) is 5.76. The van der Waals surface area contributed by atoms with Crippen molar-refractivity contribution in [3.63, 3.8) is 0 Å². The standard InChI is InChI=1S/C9H14N2O/c1-2-9(12)11-8-4-3-7(5-8)6-10/h7-8H,2-5H2,1H3,(H,11,12). The van der Waals surface area contributed by atoms with E-state index in [1.807, 2.05) is 6.92 Å². The highest BCUT2D eigenvalue weighted by atomic mass is 16.1. The van der Waals surface area contributed by atoms with E-state index in [4.69, 9.17) is 5.26 Å². The van der Waals surface area contributed by atoms with Gasteiger partial charge in [-0.1, -0.05) is 6.92 Å². The molecule has 3 heteroatoms. The van der Waals surface area contributed by atoms with Crippen LogP contribution in [0.1, 0.15) is 32.6 Å². The summed E-state index contributed by atoms with van der Waals surface area (Å²) in [6.07, 6.45) is 3.27. The highest BCUT2D eigenvalue weighted by Gasteiger charge is 2.24. The Balaban J connectivity index is 2.29. The third kappa shape index (κ3) is 2.23. The third-order valence-electron chi connectivity index (χ3n) is 2.30. The molecule has 1 rings (SSSR count). The fourth-order valence-corrected chi connectivity index (χ4v) is 1.56. The van der Waals surface area contributed by atoms with Gasteiger partial charge in [0.25, 0.3) is 0 Å². The molecule has 1 fully saturated rings. The number of nitriles is 1. The van der Waals surface area contributed by atoms with Crippen molar-refractivity contribution in [1.82, 2.24) is 5.32 Å². The Bertz CT molecular complexity index is 207. The zero-order valence-electron chi connectivity index (χ0n) is 7.34. The number of hydrogen-bond acceptors (Lipinski definition) is 2. The minimum atomic E-state index is 0.0959. The Morgan fingerprint density at radius 2 is 2.42 bits per heavy atom. The van der Waals surface area contributed by atoms with Gasteiger partial charge in [-0.05, 0) is 19.3 Å². The minimum absolute atomic E-state index is 0.0959. The quantitative estimate of drug-likeness (QED) is 0.670. The molecule has 1 saturated carbocycles. The van der Waals surface area contributed by atoms with Crippen molar-refractivity contribution in [1.29, 1.82) is 5.26 Å². The highest BCUT2D eigenvalue weighted by molar-refractivity contribution is 5.75. The van der Waals surface area contributed by atoms with Crippen LogP contribution in [0.2, 0.25) is 0 Å². The molecule has 1 N–H and O–H groups in total. The van der Waals surface area contributed by atoms with E-state index in [1.165, 1.54) is 0 Å². The zero-order chi connectivity index (χ0) is 8.97. The number of nitrogens with zero attached hydrogens (tertiary/aromatic N) is 1. The summed E-state index contributed by atoms with van der Waals surface area (Å²) in [5.74, 6) is 0.255. The molecular weight excluding hydrogens is 152 g/mol. The van der Waals surface area contributed by atoms with Crippen LogP contribution < -0.4 is 5.32 Å². The molecule has 1 aliphatic carbocycles. The molecule has 0 aliphatic heterocycles. The number of carbonyl (C=O) groups excluding carboxylic acids is 1. The predicted molar refractivity (Wildman–Crippen MR) is 45.2 cm³/mol. The van der Waals surface area contributed by atoms with Gasteiger partial charge in [0.15, 0.2) is 0 Å². The molecule has 0 radical (unpaired) electrons. The summed E-state index contributed by atoms with van der Waals surface area (Å²) in [4.78, 5) is 11.0. The first-order valence-electron chi connectivity index (χ1n) is 4.45. The summed E-state index contributed by atoms with van der Waals surface area (Å²) in [7, 11) is 0. The fourth-order valence-electron chi connectivity index (χ4n) is 1.56. The van der Waals surface area contributed by atoms with Crippen molar-refractivity contribution >= 4 is 5.91 Å². The molecule has 0 aromatic heterocycles. The maximum absolute atomic E-state index is 11.0. The van der Waals surface area contributed by atoms with Crippen LogP contribution in [-0.4, -0.2) is 11.9 Å². The zero-order valence-corrected chi connectivity index (χ0v) is 7.34. The van der Waals surface area contributed by atoms with Crippen LogP contribution in [0, 0.1) is 17.2 Å². The lowest BCUT2D eigenvalue weighted by atomic mass is 10.1. The molecule has 12 heavy (non-hydrogen) atoms. The predicted octanol–water partition coefficient (Wildman–Crippen LogP) is 1.20. The maximum atomic E-state index is 11.0. The second-order valence-corrected chi connectivity index (χ2v) is 3.26. The third-order valence-corrected chi connectivity index (χ3v) is 2.30. The van der Waals surface area contributed by atoms with E-state index < -0.39 is 0 Å². The summed E-state index contributed by atoms with van der Waals surface area (Å²) in [5, 5.41) is 11.5. The average Bonchev–Trinajstić information content (AvgIpc) is 2.52. The molecule has 0 aromatic carbocycles. The van der Waals surface area contributed by atoms with Gasteiger partial charge in [0.05, 0.1) is 6.07 Å². The first kappa shape index (κ1) is 9.05. The summed E-state index contributed by atoms with van der Waals surface area (Å²) in [6.45, 7) is 1.84. The van der Waals surface area contributed by atoms with Gasteiger partial charge in [0, 0.05) is 18.4 Å². The van der Waals surface area contributed by atoms with Crippen LogP contribution in [0.3, 0.4) is 0 Å². The molecule has 0 heterocycles. The smallest absolute Gasteiger partial charge is 0.219 e. The van der Waals surface area contributed by atoms with E-state index in [0.29, 0.717) is 6.42 Å². The van der Waals surface area contributed by atoms with Gasteiger partial charge in [0.2, 0.25) is 5.91 Å². The average molecular weight is 166 g/mol. The fraction of sp³-hybridized carbons (Fsp3) is 0.778. The molecule has 2 atom stereocenters. The van der Waals surface area contributed by atoms with Crippen LogP contribution in [-0.2, 0) is 4.79 Å². The van der Waals surface area contributed by atoms with Crippen LogP contribution in [0.15, 0.2) is 0 Å². The van der Waals surface area contributed by atoms with E-state index in [0.717, 1.165) is 19.3 Å². The summed E-state index contributed by atoms with van der Waals surface area (Å²) < 4.78 is 0. The molecule has 66 valence electrons. The molecule has 0 aromatic rings. The monoisotopic (exact) mass is 166 g/mol. The SMILES string of the molecule is CCC(=O)NC1CCC(C#N)C1. The van der Waals surface area contributed by atoms with E-state index in [1.54, 1.807) is 0 Å². The molecule has 0 saturated heterocycles. The Hall–Kier alpha value is -1.04. The maximum Gasteiger partial charge on any atom is 0.219 e. The van der Waals surface area contributed by atoms with Crippen LogP contribution in [0.4, 0.5) is 0 Å². The molecule has 0 spiro atoms. The van der Waals surface area contributed by atoms with Crippen molar-refractivity contribution in [3.8, 4) is 6.07 Å². The van der Waals surface area contributed by atoms with Gasteiger partial charge >= 0.3 is 0 Å². The molecule has 3 nitrogen and oxygen atoms in total. The first-order valence-corrected chi connectivity index (χ1v) is 4.45. The number of amides is 1. The lowest BCUT2D eigenvalue weighted by Gasteiger charge is -2.10. The number of hydrogen-bond donors (Lipinski definition) is 1. The molecule has 0 bridgehead atoms. The lowest BCUT2D eigenvalue weighted by molar-refractivity contribution is -0.121. The summed E-state index contributed by atoms with van der Waals surface area (Å²) in [6, 6.07) is 2.49. The molecular formula is C9H14N2O. The van der Waals surface area contributed by atoms with E-state index in [-0.39, 0.29) is 17.9 Å². The van der Waals surface area contributed by atoms with Gasteiger partial charge in [-0.25, -0.2) is 0 Å². The summed E-state index contributed by atoms with van der Waals surface area (Å²) >= 11 is 0. The Morgan fingerprint density at radius 3 is 2.92 bits per heavy atom. The van der Waals surface area contributed by atoms with Crippen LogP contribution >= 0.6 is 0 Å². The van der Waals surface area contributed by atoms with Crippen molar-refractivity contribution < 1.29 is 4.79 Å². The summed E-state index contributed by atoms with van der Waals surface area (Å²) in [5.41, 5.74) is 0. The molecule has 1 aliphatic rings. The van der Waals surface area contributed by atoms with E-state index in [9.17, 15) is 4.79 Å². The van der Waals surface area contributed by atoms with Crippen LogP contribution in [0.5, 0.6) is 0 Å². The lowest BCUT2D eigenvalue weighted by Crippen LogP contribution is -2.32. The second kappa shape index (κ2) is 4.10. The Labute approximate surface area is 72.8 Å². The number of carbonyl (C=O) groups is 1.